The van der Waals surface area contributed by atoms with E-state index in [0.29, 0.717) is 18.0 Å². The van der Waals surface area contributed by atoms with Crippen LogP contribution in [0.25, 0.3) is 0 Å². The number of carbonyl (C=O) groups is 2. The van der Waals surface area contributed by atoms with Crippen molar-refractivity contribution >= 4 is 11.8 Å². The first-order valence-corrected chi connectivity index (χ1v) is 9.00. The van der Waals surface area contributed by atoms with Crippen molar-refractivity contribution in [3.05, 3.63) is 63.6 Å². The van der Waals surface area contributed by atoms with Gasteiger partial charge in [-0.3, -0.25) is 14.4 Å². The van der Waals surface area contributed by atoms with Crippen LogP contribution in [0.4, 0.5) is 0 Å². The van der Waals surface area contributed by atoms with E-state index in [1.54, 1.807) is 19.1 Å². The number of nitrogens with one attached hydrogen (secondary N) is 2. The molecule has 1 heterocycles. The Labute approximate surface area is 157 Å². The minimum Gasteiger partial charge on any atom is -0.508 e. The molecule has 0 bridgehead atoms. The Morgan fingerprint density at radius 2 is 2.00 bits per heavy atom. The molecule has 0 saturated heterocycles. The van der Waals surface area contributed by atoms with Crippen molar-refractivity contribution in [2.75, 3.05) is 6.54 Å². The summed E-state index contributed by atoms with van der Waals surface area (Å²) in [5.41, 5.74) is 0.386. The monoisotopic (exact) mass is 369 g/mol. The Morgan fingerprint density at radius 3 is 2.63 bits per heavy atom. The number of phenols is 1. The van der Waals surface area contributed by atoms with E-state index in [-0.39, 0.29) is 35.4 Å². The van der Waals surface area contributed by atoms with Gasteiger partial charge < -0.3 is 20.3 Å². The van der Waals surface area contributed by atoms with Crippen LogP contribution in [0.1, 0.15) is 46.5 Å². The average molecular weight is 369 g/mol. The molecule has 0 aliphatic heterocycles. The van der Waals surface area contributed by atoms with Gasteiger partial charge in [-0.15, -0.1) is 0 Å². The zero-order valence-electron chi connectivity index (χ0n) is 15.4. The minimum atomic E-state index is -0.512. The predicted molar refractivity (Wildman–Crippen MR) is 101 cm³/mol. The number of carbonyl (C=O) groups excluding carboxylic acids is 2. The zero-order chi connectivity index (χ0) is 19.6. The third-order valence-corrected chi connectivity index (χ3v) is 4.62. The van der Waals surface area contributed by atoms with Gasteiger partial charge in [0.05, 0.1) is 12.1 Å². The molecule has 7 heteroatoms. The molecule has 7 nitrogen and oxygen atoms in total. The predicted octanol–water partition coefficient (Wildman–Crippen LogP) is 1.49. The summed E-state index contributed by atoms with van der Waals surface area (Å²) in [5, 5.41) is 15.1. The molecule has 1 aromatic carbocycles. The Bertz CT molecular complexity index is 935. The van der Waals surface area contributed by atoms with Crippen LogP contribution in [0.3, 0.4) is 0 Å². The van der Waals surface area contributed by atoms with Crippen molar-refractivity contribution in [1.82, 2.24) is 15.2 Å². The van der Waals surface area contributed by atoms with Gasteiger partial charge in [0.25, 0.3) is 17.4 Å². The first kappa shape index (κ1) is 18.7. The van der Waals surface area contributed by atoms with Gasteiger partial charge in [-0.05, 0) is 43.0 Å². The fourth-order valence-corrected chi connectivity index (χ4v) is 2.92. The van der Waals surface area contributed by atoms with E-state index < -0.39 is 11.5 Å². The van der Waals surface area contributed by atoms with Gasteiger partial charge in [-0.1, -0.05) is 19.1 Å². The molecule has 0 spiro atoms. The normalized spacial score (nSPS) is 18.0. The van der Waals surface area contributed by atoms with Gasteiger partial charge >= 0.3 is 0 Å². The largest absolute Gasteiger partial charge is 0.508 e. The molecule has 3 N–H and O–H groups in total. The maximum absolute atomic E-state index is 12.7. The second-order valence-corrected chi connectivity index (χ2v) is 6.90. The van der Waals surface area contributed by atoms with E-state index in [2.05, 4.69) is 10.6 Å². The van der Waals surface area contributed by atoms with Crippen molar-refractivity contribution in [3.8, 4) is 5.75 Å². The Hall–Kier alpha value is -3.09. The molecule has 2 atom stereocenters. The standard InChI is InChI=1S/C20H23N3O4/c1-3-21-19(26)16-9-14(18(25)22-17-7-12(17)2)11-23(20(16)27)10-13-5-4-6-15(24)8-13/h4-6,8-9,11-12,17,24H,3,7,10H2,1-2H3,(H,21,26)(H,22,25)/t12-,17-/m1/s1. The van der Waals surface area contributed by atoms with Crippen LogP contribution in [-0.4, -0.2) is 34.1 Å². The maximum atomic E-state index is 12.7. The average Bonchev–Trinajstić information content (AvgIpc) is 3.31. The number of aromatic hydroxyl groups is 1. The van der Waals surface area contributed by atoms with Crippen LogP contribution >= 0.6 is 0 Å². The number of phenolic OH excluding ortho intramolecular Hbond substituents is 1. The Morgan fingerprint density at radius 1 is 1.26 bits per heavy atom. The third-order valence-electron chi connectivity index (χ3n) is 4.62. The van der Waals surface area contributed by atoms with E-state index in [1.165, 1.54) is 29.0 Å². The summed E-state index contributed by atoms with van der Waals surface area (Å²) < 4.78 is 1.32. The highest BCUT2D eigenvalue weighted by Crippen LogP contribution is 2.29. The summed E-state index contributed by atoms with van der Waals surface area (Å²) in [6.07, 6.45) is 2.38. The second kappa shape index (κ2) is 7.65. The molecule has 1 fully saturated rings. The molecule has 142 valence electrons. The van der Waals surface area contributed by atoms with E-state index in [1.807, 2.05) is 6.92 Å². The molecule has 1 saturated carbocycles. The zero-order valence-corrected chi connectivity index (χ0v) is 15.4. The van der Waals surface area contributed by atoms with Gasteiger partial charge in [0, 0.05) is 18.8 Å². The first-order chi connectivity index (χ1) is 12.9. The van der Waals surface area contributed by atoms with Crippen molar-refractivity contribution in [2.45, 2.75) is 32.9 Å². The summed E-state index contributed by atoms with van der Waals surface area (Å²) in [5.74, 6) is -0.294. The molecule has 2 amide bonds. The summed E-state index contributed by atoms with van der Waals surface area (Å²) in [4.78, 5) is 37.6. The summed E-state index contributed by atoms with van der Waals surface area (Å²) in [6.45, 7) is 4.32. The van der Waals surface area contributed by atoms with Gasteiger partial charge in [-0.2, -0.15) is 0 Å². The van der Waals surface area contributed by atoms with E-state index in [4.69, 9.17) is 0 Å². The van der Waals surface area contributed by atoms with Crippen LogP contribution in [-0.2, 0) is 6.54 Å². The molecule has 27 heavy (non-hydrogen) atoms. The molecule has 2 aromatic rings. The maximum Gasteiger partial charge on any atom is 0.263 e. The molecule has 1 aliphatic carbocycles. The van der Waals surface area contributed by atoms with Gasteiger partial charge in [0.1, 0.15) is 11.3 Å². The summed E-state index contributed by atoms with van der Waals surface area (Å²) in [6, 6.07) is 7.98. The number of benzene rings is 1. The first-order valence-electron chi connectivity index (χ1n) is 9.00. The number of amides is 2. The molecule has 1 aliphatic rings. The topological polar surface area (TPSA) is 100 Å². The number of hydrogen-bond acceptors (Lipinski definition) is 4. The van der Waals surface area contributed by atoms with Crippen molar-refractivity contribution in [2.24, 2.45) is 5.92 Å². The van der Waals surface area contributed by atoms with Gasteiger partial charge in [0.2, 0.25) is 0 Å². The number of aromatic nitrogens is 1. The summed E-state index contributed by atoms with van der Waals surface area (Å²) in [7, 11) is 0. The summed E-state index contributed by atoms with van der Waals surface area (Å²) >= 11 is 0. The fraction of sp³-hybridized carbons (Fsp3) is 0.350. The lowest BCUT2D eigenvalue weighted by molar-refractivity contribution is 0.0948. The highest BCUT2D eigenvalue weighted by molar-refractivity contribution is 5.99. The quantitative estimate of drug-likeness (QED) is 0.718. The molecular formula is C20H23N3O4. The lowest BCUT2D eigenvalue weighted by atomic mass is 10.1. The van der Waals surface area contributed by atoms with Crippen LogP contribution in [0, 0.1) is 5.92 Å². The minimum absolute atomic E-state index is 0.0755. The highest BCUT2D eigenvalue weighted by atomic mass is 16.3. The van der Waals surface area contributed by atoms with Crippen molar-refractivity contribution < 1.29 is 14.7 Å². The van der Waals surface area contributed by atoms with Crippen molar-refractivity contribution in [1.29, 1.82) is 0 Å². The van der Waals surface area contributed by atoms with E-state index >= 15 is 0 Å². The van der Waals surface area contributed by atoms with E-state index in [9.17, 15) is 19.5 Å². The third kappa shape index (κ3) is 4.36. The number of hydrogen-bond donors (Lipinski definition) is 3. The van der Waals surface area contributed by atoms with Crippen LogP contribution in [0.15, 0.2) is 41.3 Å². The smallest absolute Gasteiger partial charge is 0.263 e. The number of rotatable bonds is 6. The molecule has 0 radical (unpaired) electrons. The molecule has 0 unspecified atom stereocenters. The van der Waals surface area contributed by atoms with E-state index in [0.717, 1.165) is 6.42 Å². The lowest BCUT2D eigenvalue weighted by Gasteiger charge is -2.12. The highest BCUT2D eigenvalue weighted by Gasteiger charge is 2.34. The van der Waals surface area contributed by atoms with Gasteiger partial charge in [0.15, 0.2) is 0 Å². The SMILES string of the molecule is CCNC(=O)c1cc(C(=O)N[C@@H]2C[C@H]2C)cn(Cc2cccc(O)c2)c1=O. The second-order valence-electron chi connectivity index (χ2n) is 6.90. The Kier molecular flexibility index (Phi) is 5.30. The van der Waals surface area contributed by atoms with Crippen LogP contribution in [0.5, 0.6) is 5.75 Å². The van der Waals surface area contributed by atoms with Crippen molar-refractivity contribution in [3.63, 3.8) is 0 Å². The van der Waals surface area contributed by atoms with Crippen LogP contribution < -0.4 is 16.2 Å². The molecule has 3 rings (SSSR count). The van der Waals surface area contributed by atoms with Gasteiger partial charge in [-0.25, -0.2) is 0 Å². The molecular weight excluding hydrogens is 346 g/mol. The van der Waals surface area contributed by atoms with Crippen LogP contribution in [0.2, 0.25) is 0 Å². The number of pyridine rings is 1. The molecule has 1 aromatic heterocycles. The lowest BCUT2D eigenvalue weighted by Crippen LogP contribution is -2.35. The Balaban J connectivity index is 1.98. The fourth-order valence-electron chi connectivity index (χ4n) is 2.92. The number of nitrogens with zero attached hydrogens (tertiary/aromatic N) is 1.